The van der Waals surface area contributed by atoms with Crippen LogP contribution in [0.4, 0.5) is 13.2 Å². The Labute approximate surface area is 124 Å². The van der Waals surface area contributed by atoms with Gasteiger partial charge in [-0.05, 0) is 12.5 Å². The van der Waals surface area contributed by atoms with Crippen LogP contribution in [0.5, 0.6) is 0 Å². The number of ketones is 1. The van der Waals surface area contributed by atoms with Crippen LogP contribution in [0.3, 0.4) is 0 Å². The Balaban J connectivity index is 1.72. The fourth-order valence-electron chi connectivity index (χ4n) is 2.89. The van der Waals surface area contributed by atoms with Crippen molar-refractivity contribution in [1.82, 2.24) is 14.8 Å². The summed E-state index contributed by atoms with van der Waals surface area (Å²) in [4.78, 5) is 15.9. The highest BCUT2D eigenvalue weighted by Crippen LogP contribution is 2.41. The summed E-state index contributed by atoms with van der Waals surface area (Å²) < 4.78 is 42.3. The van der Waals surface area contributed by atoms with Gasteiger partial charge < -0.3 is 0 Å². The van der Waals surface area contributed by atoms with E-state index in [0.29, 0.717) is 5.56 Å². The van der Waals surface area contributed by atoms with Crippen molar-refractivity contribution in [3.63, 3.8) is 0 Å². The summed E-state index contributed by atoms with van der Waals surface area (Å²) in [6.45, 7) is 0. The van der Waals surface area contributed by atoms with Gasteiger partial charge >= 0.3 is 0 Å². The second-order valence-corrected chi connectivity index (χ2v) is 5.70. The minimum atomic E-state index is -1.42. The standard InChI is InChI=1S/C15H12F3N3O/c16-9-4-2-1-3-7(9)12-6-11(18)15-19-14(20-21(12)15)13(22)8-5-10(8)17/h1-4,8,10-12H,5-6H2/t8-,10-,11-,12-/m0/s1. The second-order valence-electron chi connectivity index (χ2n) is 5.70. The van der Waals surface area contributed by atoms with Gasteiger partial charge in [0.2, 0.25) is 11.6 Å². The lowest BCUT2D eigenvalue weighted by Gasteiger charge is -2.12. The van der Waals surface area contributed by atoms with E-state index < -0.39 is 35.9 Å². The first-order valence-corrected chi connectivity index (χ1v) is 7.09. The molecule has 0 bridgehead atoms. The van der Waals surface area contributed by atoms with E-state index in [1.807, 2.05) is 0 Å². The maximum Gasteiger partial charge on any atom is 0.218 e. The first-order chi connectivity index (χ1) is 10.6. The van der Waals surface area contributed by atoms with Gasteiger partial charge in [-0.3, -0.25) is 4.79 Å². The normalized spacial score (nSPS) is 29.4. The van der Waals surface area contributed by atoms with Crippen molar-refractivity contribution in [3.05, 3.63) is 47.3 Å². The molecule has 1 aromatic carbocycles. The largest absolute Gasteiger partial charge is 0.290 e. The lowest BCUT2D eigenvalue weighted by Crippen LogP contribution is -2.12. The average Bonchev–Trinajstić information content (AvgIpc) is 2.95. The molecule has 0 radical (unpaired) electrons. The Bertz CT molecular complexity index is 760. The Morgan fingerprint density at radius 3 is 2.64 bits per heavy atom. The Kier molecular flexibility index (Phi) is 2.85. The minimum absolute atomic E-state index is 0.00709. The maximum atomic E-state index is 14.1. The number of fused-ring (bicyclic) bond motifs is 1. The number of alkyl halides is 2. The molecule has 2 aliphatic rings. The molecule has 1 aliphatic heterocycles. The maximum absolute atomic E-state index is 14.1. The second kappa shape index (κ2) is 4.66. The molecule has 0 amide bonds. The van der Waals surface area contributed by atoms with E-state index in [0.717, 1.165) is 0 Å². The molecular weight excluding hydrogens is 295 g/mol. The zero-order valence-corrected chi connectivity index (χ0v) is 11.4. The van der Waals surface area contributed by atoms with Gasteiger partial charge in [-0.25, -0.2) is 22.8 Å². The van der Waals surface area contributed by atoms with E-state index in [4.69, 9.17) is 0 Å². The van der Waals surface area contributed by atoms with Gasteiger partial charge in [-0.2, -0.15) is 0 Å². The van der Waals surface area contributed by atoms with Gasteiger partial charge in [0, 0.05) is 12.0 Å². The lowest BCUT2D eigenvalue weighted by molar-refractivity contribution is 0.0946. The fourth-order valence-corrected chi connectivity index (χ4v) is 2.89. The molecule has 4 nitrogen and oxygen atoms in total. The molecule has 2 heterocycles. The molecular formula is C15H12F3N3O. The highest BCUT2D eigenvalue weighted by Gasteiger charge is 2.46. The molecule has 0 spiro atoms. The molecule has 4 rings (SSSR count). The zero-order chi connectivity index (χ0) is 15.4. The molecule has 2 aromatic rings. The number of nitrogens with zero attached hydrogens (tertiary/aromatic N) is 3. The van der Waals surface area contributed by atoms with Crippen LogP contribution in [0.25, 0.3) is 0 Å². The van der Waals surface area contributed by atoms with E-state index in [1.54, 1.807) is 18.2 Å². The van der Waals surface area contributed by atoms with Crippen molar-refractivity contribution in [1.29, 1.82) is 0 Å². The molecule has 7 heteroatoms. The summed E-state index contributed by atoms with van der Waals surface area (Å²) in [6, 6.07) is 5.42. The summed E-state index contributed by atoms with van der Waals surface area (Å²) >= 11 is 0. The van der Waals surface area contributed by atoms with Crippen LogP contribution >= 0.6 is 0 Å². The number of carbonyl (C=O) groups is 1. The highest BCUT2D eigenvalue weighted by molar-refractivity contribution is 5.96. The Hall–Kier alpha value is -2.18. The smallest absolute Gasteiger partial charge is 0.218 e. The van der Waals surface area contributed by atoms with Crippen LogP contribution in [0.1, 0.15) is 47.1 Å². The van der Waals surface area contributed by atoms with E-state index in [-0.39, 0.29) is 24.5 Å². The number of halogens is 3. The summed E-state index contributed by atoms with van der Waals surface area (Å²) in [5.41, 5.74) is 0.308. The number of aromatic nitrogens is 3. The molecule has 114 valence electrons. The molecule has 0 saturated heterocycles. The minimum Gasteiger partial charge on any atom is -0.290 e. The van der Waals surface area contributed by atoms with Crippen molar-refractivity contribution in [2.24, 2.45) is 5.92 Å². The molecule has 1 fully saturated rings. The molecule has 22 heavy (non-hydrogen) atoms. The number of carbonyl (C=O) groups excluding carboxylic acids is 1. The first-order valence-electron chi connectivity index (χ1n) is 7.09. The van der Waals surface area contributed by atoms with Crippen molar-refractivity contribution in [2.75, 3.05) is 0 Å². The van der Waals surface area contributed by atoms with Gasteiger partial charge in [-0.1, -0.05) is 18.2 Å². The van der Waals surface area contributed by atoms with Crippen molar-refractivity contribution in [3.8, 4) is 0 Å². The average molecular weight is 307 g/mol. The van der Waals surface area contributed by atoms with Gasteiger partial charge in [0.25, 0.3) is 0 Å². The summed E-state index contributed by atoms with van der Waals surface area (Å²) in [5.74, 6) is -1.85. The molecule has 0 unspecified atom stereocenters. The number of hydrogen-bond acceptors (Lipinski definition) is 3. The van der Waals surface area contributed by atoms with Crippen molar-refractivity contribution < 1.29 is 18.0 Å². The third kappa shape index (κ3) is 1.95. The predicted molar refractivity (Wildman–Crippen MR) is 70.4 cm³/mol. The van der Waals surface area contributed by atoms with E-state index in [1.165, 1.54) is 10.7 Å². The quantitative estimate of drug-likeness (QED) is 0.819. The van der Waals surface area contributed by atoms with E-state index >= 15 is 0 Å². The van der Waals surface area contributed by atoms with Crippen LogP contribution in [0, 0.1) is 11.7 Å². The summed E-state index contributed by atoms with van der Waals surface area (Å²) in [7, 11) is 0. The van der Waals surface area contributed by atoms with Crippen LogP contribution in [-0.4, -0.2) is 26.7 Å². The molecule has 0 N–H and O–H groups in total. The number of hydrogen-bond donors (Lipinski definition) is 0. The summed E-state index contributed by atoms with van der Waals surface area (Å²) in [6.07, 6.45) is -2.38. The highest BCUT2D eigenvalue weighted by atomic mass is 19.1. The monoisotopic (exact) mass is 307 g/mol. The third-order valence-electron chi connectivity index (χ3n) is 4.20. The van der Waals surface area contributed by atoms with E-state index in [2.05, 4.69) is 10.1 Å². The number of rotatable bonds is 3. The van der Waals surface area contributed by atoms with Crippen LogP contribution < -0.4 is 0 Å². The number of Topliss-reactive ketones (excluding diaryl/α,β-unsaturated/α-hetero) is 1. The van der Waals surface area contributed by atoms with Gasteiger partial charge in [0.1, 0.15) is 12.0 Å². The van der Waals surface area contributed by atoms with Crippen LogP contribution in [0.2, 0.25) is 0 Å². The SMILES string of the molecule is O=C(c1nc2n(n1)[C@H](c1ccccc1F)C[C@@H]2F)[C@H]1C[C@@H]1F. The third-order valence-corrected chi connectivity index (χ3v) is 4.20. The number of benzene rings is 1. The van der Waals surface area contributed by atoms with Gasteiger partial charge in [0.15, 0.2) is 12.0 Å². The van der Waals surface area contributed by atoms with Crippen molar-refractivity contribution >= 4 is 5.78 Å². The topological polar surface area (TPSA) is 47.8 Å². The predicted octanol–water partition coefficient (Wildman–Crippen LogP) is 2.96. The first kappa shape index (κ1) is 13.5. The molecule has 4 atom stereocenters. The van der Waals surface area contributed by atoms with Crippen molar-refractivity contribution in [2.45, 2.75) is 31.2 Å². The van der Waals surface area contributed by atoms with Gasteiger partial charge in [-0.15, -0.1) is 5.10 Å². The van der Waals surface area contributed by atoms with Crippen LogP contribution in [0.15, 0.2) is 24.3 Å². The van der Waals surface area contributed by atoms with E-state index in [9.17, 15) is 18.0 Å². The zero-order valence-electron chi connectivity index (χ0n) is 11.4. The Morgan fingerprint density at radius 1 is 1.23 bits per heavy atom. The molecule has 1 saturated carbocycles. The van der Waals surface area contributed by atoms with Gasteiger partial charge in [0.05, 0.1) is 12.0 Å². The summed E-state index contributed by atoms with van der Waals surface area (Å²) in [5, 5.41) is 4.02. The Morgan fingerprint density at radius 2 is 1.95 bits per heavy atom. The molecule has 1 aromatic heterocycles. The van der Waals surface area contributed by atoms with Crippen LogP contribution in [-0.2, 0) is 0 Å². The fraction of sp³-hybridized carbons (Fsp3) is 0.400. The molecule has 1 aliphatic carbocycles. The lowest BCUT2D eigenvalue weighted by atomic mass is 10.0.